The maximum absolute atomic E-state index is 12.9. The number of halogens is 1. The van der Waals surface area contributed by atoms with Gasteiger partial charge in [-0.05, 0) is 97.1 Å². The number of rotatable bonds is 24. The third-order valence-electron chi connectivity index (χ3n) is 17.2. The van der Waals surface area contributed by atoms with E-state index in [1.54, 1.807) is 97.1 Å². The number of hydrogen-bond donors (Lipinski definition) is 4. The number of carbonyl (C=O) groups is 8. The third kappa shape index (κ3) is 17.1. The first-order chi connectivity index (χ1) is 50.5. The number of benzene rings is 4. The molecule has 9 heterocycles. The zero-order chi connectivity index (χ0) is 72.4. The molecule has 0 saturated carbocycles. The molecule has 1 radical (unpaired) electrons. The molecule has 527 valence electrons. The summed E-state index contributed by atoms with van der Waals surface area (Å²) in [5, 5.41) is 54.2. The first-order valence-corrected chi connectivity index (χ1v) is 32.8. The van der Waals surface area contributed by atoms with Crippen molar-refractivity contribution >= 4 is 93.9 Å². The minimum atomic E-state index is -1.42. The quantitative estimate of drug-likeness (QED) is 0.0410. The molecule has 0 spiro atoms. The van der Waals surface area contributed by atoms with Crippen LogP contribution in [0.25, 0.3) is 91.4 Å². The number of carboxylic acids is 4. The molecule has 0 fully saturated rings. The SMILES string of the molecule is O=C([O-])CNC(=O)c1ccc(C[n+]2ccccc2-c2c3nc(c(-c4cccc[n+]4Cc4ccc(C(=O)NCC(=O)[O-])cc4)c4ccc([n-]4)c(-c4cccc[n+]4Cc4ccc(C(=O)NCC(=O)[O-])cc4)c4nc(c(-c5cccc[n+]5Cc5ccc(C(=O)NCC(=O)[O-])cc5)c5ccc2[n-]5)C=C4)C=C3)cc1.[Cl-].[Fe+3]. The second-order valence-electron chi connectivity index (χ2n) is 24.2. The van der Waals surface area contributed by atoms with Crippen LogP contribution in [-0.4, -0.2) is 83.7 Å². The van der Waals surface area contributed by atoms with Crippen LogP contribution in [0.2, 0.25) is 0 Å². The van der Waals surface area contributed by atoms with E-state index in [1.807, 2.05) is 164 Å². The van der Waals surface area contributed by atoms with Crippen LogP contribution in [0.4, 0.5) is 0 Å². The number of carboxylic acid groups (broad SMARTS) is 4. The van der Waals surface area contributed by atoms with Crippen molar-refractivity contribution in [3.8, 4) is 45.0 Å². The number of pyridine rings is 4. The van der Waals surface area contributed by atoms with Gasteiger partial charge in [-0.2, -0.15) is 18.3 Å². The Labute approximate surface area is 621 Å². The van der Waals surface area contributed by atoms with E-state index in [0.29, 0.717) is 116 Å². The third-order valence-corrected chi connectivity index (χ3v) is 17.2. The number of carbonyl (C=O) groups excluding carboxylic acids is 8. The van der Waals surface area contributed by atoms with Gasteiger partial charge < -0.3 is 83.2 Å². The Morgan fingerprint density at radius 1 is 0.302 bits per heavy atom. The Kier molecular flexibility index (Phi) is 23.1. The molecule has 2 aliphatic heterocycles. The van der Waals surface area contributed by atoms with Gasteiger partial charge in [-0.15, -0.1) is 22.1 Å². The zero-order valence-corrected chi connectivity index (χ0v) is 57.8. The van der Waals surface area contributed by atoms with Gasteiger partial charge >= 0.3 is 17.1 Å². The van der Waals surface area contributed by atoms with E-state index in [1.165, 1.54) is 0 Å². The maximum atomic E-state index is 12.9. The van der Waals surface area contributed by atoms with Crippen molar-refractivity contribution in [3.05, 3.63) is 286 Å². The molecule has 0 unspecified atom stereocenters. The van der Waals surface area contributed by atoms with Gasteiger partial charge in [0.2, 0.25) is 22.8 Å². The number of aliphatic carboxylic acids is 4. The Morgan fingerprint density at radius 2 is 0.509 bits per heavy atom. The predicted molar refractivity (Wildman–Crippen MR) is 371 cm³/mol. The first-order valence-electron chi connectivity index (χ1n) is 32.8. The number of hydrogen-bond acceptors (Lipinski definition) is 14. The van der Waals surface area contributed by atoms with Gasteiger partial charge in [0.05, 0.1) is 95.1 Å². The van der Waals surface area contributed by atoms with Gasteiger partial charge in [-0.1, -0.05) is 72.8 Å². The zero-order valence-electron chi connectivity index (χ0n) is 56.0. The standard InChI is InChI=1S/C80H62N12O12.ClH.Fe/c93-69(94)41-81-77(101)53-21-13-49(14-22-53)45-89-37-5-1-9-65(89)73-57-29-31-59(85-57)74(66-10-2-6-38-90(66)46-50-15-23-54(24-16-50)78(102)82-42-70(95)96)61-33-35-63(87-61)76(68-12-4-8-40-92(68)48-52-19-27-56(28-20-52)80(104)84-44-72(99)100)64-36-34-62(88-64)75(60-32-30-58(73)86-60)67-11-3-7-39-91(67)47-51-17-25-55(26-18-51)79(103)83-43-71(97)98;;/h1-40H,41-48H2,(H6-3,81,82,83,84,85,86,87,88,93,94,95,96,97,98,99,100,101,102,103,104);1H;/q;;+3/p-3. The van der Waals surface area contributed by atoms with Crippen molar-refractivity contribution in [2.75, 3.05) is 26.2 Å². The summed E-state index contributed by atoms with van der Waals surface area (Å²) >= 11 is 0. The Morgan fingerprint density at radius 3 is 0.708 bits per heavy atom. The van der Waals surface area contributed by atoms with Crippen LogP contribution in [-0.2, 0) is 62.4 Å². The van der Waals surface area contributed by atoms with Crippen LogP contribution >= 0.6 is 0 Å². The van der Waals surface area contributed by atoms with Gasteiger partial charge in [-0.3, -0.25) is 19.2 Å². The van der Waals surface area contributed by atoms with Gasteiger partial charge in [0.15, 0.2) is 51.0 Å². The van der Waals surface area contributed by atoms with E-state index in [4.69, 9.17) is 19.9 Å². The molecule has 0 atom stereocenters. The fourth-order valence-corrected chi connectivity index (χ4v) is 12.4. The second-order valence-corrected chi connectivity index (χ2v) is 24.2. The number of amides is 4. The van der Waals surface area contributed by atoms with Gasteiger partial charge in [0.1, 0.15) is 0 Å². The molecule has 4 amide bonds. The monoisotopic (exact) mass is 1470 g/mol. The summed E-state index contributed by atoms with van der Waals surface area (Å²) < 4.78 is 8.18. The summed E-state index contributed by atoms with van der Waals surface area (Å²) in [6.07, 6.45) is 15.5. The summed E-state index contributed by atoms with van der Waals surface area (Å²) in [4.78, 5) is 119. The van der Waals surface area contributed by atoms with Crippen LogP contribution < -0.4 is 82.3 Å². The molecule has 0 aliphatic carbocycles. The summed E-state index contributed by atoms with van der Waals surface area (Å²) in [5.74, 6) is -7.99. The Balaban J connectivity index is 0.00000561. The summed E-state index contributed by atoms with van der Waals surface area (Å²) in [6.45, 7) is -1.43. The minimum Gasteiger partial charge on any atom is -1.00 e. The molecule has 26 heteroatoms. The van der Waals surface area contributed by atoms with Crippen molar-refractivity contribution < 1.29 is 107 Å². The largest absolute Gasteiger partial charge is 3.00 e. The normalized spacial score (nSPS) is 11.2. The minimum absolute atomic E-state index is 0. The molecule has 11 aromatic rings. The summed E-state index contributed by atoms with van der Waals surface area (Å²) in [6, 6.07) is 58.2. The van der Waals surface area contributed by atoms with E-state index in [-0.39, 0.29) is 51.7 Å². The number of nitrogens with zero attached hydrogens (tertiary/aromatic N) is 8. The van der Waals surface area contributed by atoms with Crippen molar-refractivity contribution in [1.82, 2.24) is 41.2 Å². The molecule has 13 rings (SSSR count). The molecule has 0 saturated heterocycles. The number of nitrogens with one attached hydrogen (secondary N) is 4. The molecule has 4 aromatic carbocycles. The van der Waals surface area contributed by atoms with Crippen LogP contribution in [0.3, 0.4) is 0 Å². The topological polar surface area (TPSA) is 346 Å². The fraction of sp³-hybridized carbons (Fsp3) is 0.100. The predicted octanol–water partition coefficient (Wildman–Crippen LogP) is -1.15. The van der Waals surface area contributed by atoms with E-state index in [0.717, 1.165) is 22.3 Å². The maximum Gasteiger partial charge on any atom is 3.00 e. The molecule has 106 heavy (non-hydrogen) atoms. The van der Waals surface area contributed by atoms with Crippen LogP contribution in [0, 0.1) is 0 Å². The summed E-state index contributed by atoms with van der Waals surface area (Å²) in [5.41, 5.74) is 13.8. The van der Waals surface area contributed by atoms with E-state index in [2.05, 4.69) is 21.3 Å². The van der Waals surface area contributed by atoms with E-state index >= 15 is 0 Å². The van der Waals surface area contributed by atoms with Gasteiger partial charge in [0.25, 0.3) is 23.6 Å². The van der Waals surface area contributed by atoms with E-state index < -0.39 is 73.7 Å². The number of aromatic nitrogens is 8. The van der Waals surface area contributed by atoms with Crippen molar-refractivity contribution in [1.29, 1.82) is 0 Å². The van der Waals surface area contributed by atoms with Crippen LogP contribution in [0.15, 0.2) is 219 Å². The van der Waals surface area contributed by atoms with Crippen LogP contribution in [0.1, 0.15) is 86.5 Å². The molecule has 24 nitrogen and oxygen atoms in total. The second kappa shape index (κ2) is 33.2. The fourth-order valence-electron chi connectivity index (χ4n) is 12.4. The van der Waals surface area contributed by atoms with E-state index in [9.17, 15) is 58.8 Å². The van der Waals surface area contributed by atoms with Crippen molar-refractivity contribution in [3.63, 3.8) is 0 Å². The molecule has 8 bridgehead atoms. The summed E-state index contributed by atoms with van der Waals surface area (Å²) in [7, 11) is 0. The van der Waals surface area contributed by atoms with Gasteiger partial charge in [-0.25, -0.2) is 9.97 Å². The molecule has 7 aromatic heterocycles. The molecular formula is C80H60ClFeN12O12. The average molecular weight is 1470 g/mol. The number of fused-ring (bicyclic) bond motifs is 8. The van der Waals surface area contributed by atoms with Crippen molar-refractivity contribution in [2.45, 2.75) is 26.2 Å². The molecule has 4 N–H and O–H groups in total. The molecule has 2 aliphatic rings. The Hall–Kier alpha value is -13.4. The average Bonchev–Trinajstić information content (AvgIpc) is 1.60. The molecular weight excluding hydrogens is 1410 g/mol. The van der Waals surface area contributed by atoms with Crippen molar-refractivity contribution in [2.24, 2.45) is 0 Å². The van der Waals surface area contributed by atoms with Crippen LogP contribution in [0.5, 0.6) is 0 Å². The van der Waals surface area contributed by atoms with Gasteiger partial charge in [0, 0.05) is 93.0 Å². The first kappa shape index (κ1) is 73.9. The smallest absolute Gasteiger partial charge is 1.00 e. The Bertz CT molecular complexity index is 4840.